The van der Waals surface area contributed by atoms with Crippen LogP contribution in [0.5, 0.6) is 5.75 Å². The molecule has 0 bridgehead atoms. The van der Waals surface area contributed by atoms with Crippen molar-refractivity contribution in [2.75, 3.05) is 11.5 Å². The molecule has 8 nitrogen and oxygen atoms in total. The Bertz CT molecular complexity index is 1130. The normalized spacial score (nSPS) is 16.5. The third kappa shape index (κ3) is 6.87. The van der Waals surface area contributed by atoms with Crippen molar-refractivity contribution in [3.8, 4) is 5.75 Å². The van der Waals surface area contributed by atoms with Gasteiger partial charge < -0.3 is 25.0 Å². The first kappa shape index (κ1) is 27.3. The van der Waals surface area contributed by atoms with Gasteiger partial charge in [-0.25, -0.2) is 9.18 Å². The van der Waals surface area contributed by atoms with Crippen molar-refractivity contribution < 1.29 is 28.2 Å². The van der Waals surface area contributed by atoms with E-state index in [9.17, 15) is 18.8 Å². The van der Waals surface area contributed by atoms with Crippen molar-refractivity contribution in [3.05, 3.63) is 58.9 Å². The first-order valence-corrected chi connectivity index (χ1v) is 12.0. The number of amides is 3. The van der Waals surface area contributed by atoms with E-state index in [4.69, 9.17) is 21.1 Å². The fourth-order valence-electron chi connectivity index (χ4n) is 3.78. The fraction of sp³-hybridized carbons (Fsp3) is 0.423. The van der Waals surface area contributed by atoms with Crippen molar-refractivity contribution >= 4 is 35.2 Å². The number of benzene rings is 2. The van der Waals surface area contributed by atoms with Crippen molar-refractivity contribution in [2.24, 2.45) is 0 Å². The Morgan fingerprint density at radius 1 is 1.22 bits per heavy atom. The zero-order chi connectivity index (χ0) is 26.6. The van der Waals surface area contributed by atoms with Crippen molar-refractivity contribution in [3.63, 3.8) is 0 Å². The molecule has 0 aromatic heterocycles. The van der Waals surface area contributed by atoms with E-state index in [0.717, 1.165) is 0 Å². The lowest BCUT2D eigenvalue weighted by Crippen LogP contribution is -2.57. The van der Waals surface area contributed by atoms with E-state index in [0.29, 0.717) is 16.3 Å². The van der Waals surface area contributed by atoms with Gasteiger partial charge in [-0.1, -0.05) is 29.8 Å². The molecule has 3 rings (SSSR count). The number of carbonyl (C=O) groups is 3. The number of hydrogen-bond donors (Lipinski definition) is 2. The van der Waals surface area contributed by atoms with Crippen molar-refractivity contribution in [1.29, 1.82) is 0 Å². The maximum absolute atomic E-state index is 13.8. The Labute approximate surface area is 215 Å². The number of fused-ring (bicyclic) bond motifs is 1. The van der Waals surface area contributed by atoms with Gasteiger partial charge >= 0.3 is 6.09 Å². The van der Waals surface area contributed by atoms with Crippen LogP contribution in [0.25, 0.3) is 0 Å². The van der Waals surface area contributed by atoms with Gasteiger partial charge in [0, 0.05) is 23.6 Å². The molecule has 0 fully saturated rings. The molecule has 1 aliphatic rings. The summed E-state index contributed by atoms with van der Waals surface area (Å²) in [4.78, 5) is 40.8. The second-order valence-electron chi connectivity index (χ2n) is 9.78. The molecule has 10 heteroatoms. The summed E-state index contributed by atoms with van der Waals surface area (Å²) in [5.74, 6) is -1.34. The number of hydrogen-bond acceptors (Lipinski definition) is 5. The molecule has 2 aromatic carbocycles. The highest BCUT2D eigenvalue weighted by atomic mass is 35.5. The summed E-state index contributed by atoms with van der Waals surface area (Å²) in [5.41, 5.74) is 0.262. The van der Waals surface area contributed by atoms with E-state index in [-0.39, 0.29) is 24.8 Å². The highest BCUT2D eigenvalue weighted by molar-refractivity contribution is 6.31. The van der Waals surface area contributed by atoms with Gasteiger partial charge in [0.15, 0.2) is 0 Å². The highest BCUT2D eigenvalue weighted by Crippen LogP contribution is 2.33. The first-order valence-electron chi connectivity index (χ1n) is 11.6. The lowest BCUT2D eigenvalue weighted by atomic mass is 10.0. The fourth-order valence-corrected chi connectivity index (χ4v) is 4.00. The van der Waals surface area contributed by atoms with Crippen LogP contribution in [0.2, 0.25) is 5.02 Å². The summed E-state index contributed by atoms with van der Waals surface area (Å²) in [6.07, 6.45) is -0.726. The minimum absolute atomic E-state index is 0.0614. The Kier molecular flexibility index (Phi) is 8.45. The van der Waals surface area contributed by atoms with Gasteiger partial charge in [0.1, 0.15) is 35.9 Å². The quantitative estimate of drug-likeness (QED) is 0.595. The summed E-state index contributed by atoms with van der Waals surface area (Å²) in [7, 11) is 0. The van der Waals surface area contributed by atoms with Gasteiger partial charge in [-0.05, 0) is 58.4 Å². The molecule has 1 heterocycles. The molecule has 1 aliphatic heterocycles. The number of alkyl carbamates (subject to hydrolysis) is 1. The molecule has 0 saturated heterocycles. The lowest BCUT2D eigenvalue weighted by Gasteiger charge is -2.29. The molecule has 1 unspecified atom stereocenters. The van der Waals surface area contributed by atoms with E-state index >= 15 is 0 Å². The molecule has 3 amide bonds. The average Bonchev–Trinajstić information content (AvgIpc) is 2.89. The Balaban J connectivity index is 1.85. The number of nitrogens with one attached hydrogen (secondary N) is 2. The predicted molar refractivity (Wildman–Crippen MR) is 135 cm³/mol. The van der Waals surface area contributed by atoms with E-state index in [1.165, 1.54) is 23.1 Å². The summed E-state index contributed by atoms with van der Waals surface area (Å²) < 4.78 is 24.9. The second kappa shape index (κ2) is 11.2. The molecule has 2 aromatic rings. The largest absolute Gasteiger partial charge is 0.489 e. The number of halogens is 2. The first-order chi connectivity index (χ1) is 16.9. The van der Waals surface area contributed by atoms with E-state index < -0.39 is 41.4 Å². The van der Waals surface area contributed by atoms with Crippen LogP contribution in [-0.2, 0) is 20.7 Å². The van der Waals surface area contributed by atoms with Crippen LogP contribution < -0.4 is 20.3 Å². The maximum Gasteiger partial charge on any atom is 0.408 e. The summed E-state index contributed by atoms with van der Waals surface area (Å²) in [6.45, 7) is 8.52. The minimum atomic E-state index is -1.09. The Hall–Kier alpha value is -3.33. The van der Waals surface area contributed by atoms with Crippen LogP contribution in [0.4, 0.5) is 14.9 Å². The molecule has 36 heavy (non-hydrogen) atoms. The predicted octanol–water partition coefficient (Wildman–Crippen LogP) is 4.23. The molecule has 0 spiro atoms. The van der Waals surface area contributed by atoms with E-state index in [1.54, 1.807) is 58.9 Å². The minimum Gasteiger partial charge on any atom is -0.489 e. The van der Waals surface area contributed by atoms with Crippen LogP contribution >= 0.6 is 11.6 Å². The monoisotopic (exact) mass is 519 g/mol. The van der Waals surface area contributed by atoms with Crippen LogP contribution in [0.15, 0.2) is 42.5 Å². The molecule has 0 radical (unpaired) electrons. The molecular weight excluding hydrogens is 489 g/mol. The summed E-state index contributed by atoms with van der Waals surface area (Å²) >= 11 is 6.28. The summed E-state index contributed by atoms with van der Waals surface area (Å²) in [5, 5.41) is 5.70. The number of ether oxygens (including phenoxy) is 2. The Morgan fingerprint density at radius 3 is 2.56 bits per heavy atom. The SMILES string of the molecule is CC(C)N1C(=O)[C@H](NC(=O)C(Cc2ccccc2Cl)NC(=O)OC(C)(C)C)COc2cc(F)ccc21. The van der Waals surface area contributed by atoms with Crippen molar-refractivity contribution in [2.45, 2.75) is 64.8 Å². The standard InChI is InChI=1S/C26H31ClFN3O5/c1-15(2)31-21-11-10-17(28)13-22(21)35-14-20(24(31)33)29-23(32)19(30-25(34)36-26(3,4)5)12-16-8-6-7-9-18(16)27/h6-11,13,15,19-20H,12,14H2,1-5H3,(H,29,32)(H,30,34)/t19?,20-/m1/s1. The molecule has 194 valence electrons. The van der Waals surface area contributed by atoms with Gasteiger partial charge in [0.2, 0.25) is 5.91 Å². The van der Waals surface area contributed by atoms with Gasteiger partial charge in [-0.3, -0.25) is 9.59 Å². The smallest absolute Gasteiger partial charge is 0.408 e. The van der Waals surface area contributed by atoms with Gasteiger partial charge in [0.25, 0.3) is 5.91 Å². The molecular formula is C26H31ClFN3O5. The topological polar surface area (TPSA) is 97.0 Å². The van der Waals surface area contributed by atoms with Crippen molar-refractivity contribution in [1.82, 2.24) is 10.6 Å². The lowest BCUT2D eigenvalue weighted by molar-refractivity contribution is -0.129. The van der Waals surface area contributed by atoms with Crippen LogP contribution in [0.3, 0.4) is 0 Å². The third-order valence-electron chi connectivity index (χ3n) is 5.34. The average molecular weight is 520 g/mol. The number of carbonyl (C=O) groups excluding carboxylic acids is 3. The number of anilines is 1. The zero-order valence-electron chi connectivity index (χ0n) is 20.9. The second-order valence-corrected chi connectivity index (χ2v) is 10.2. The Morgan fingerprint density at radius 2 is 1.92 bits per heavy atom. The molecule has 2 atom stereocenters. The van der Waals surface area contributed by atoms with Gasteiger partial charge in [0.05, 0.1) is 5.69 Å². The van der Waals surface area contributed by atoms with Gasteiger partial charge in [-0.15, -0.1) is 0 Å². The number of rotatable bonds is 6. The van der Waals surface area contributed by atoms with Crippen LogP contribution in [0.1, 0.15) is 40.2 Å². The molecule has 0 aliphatic carbocycles. The summed E-state index contributed by atoms with van der Waals surface area (Å²) in [6, 6.07) is 8.39. The maximum atomic E-state index is 13.8. The highest BCUT2D eigenvalue weighted by Gasteiger charge is 2.36. The zero-order valence-corrected chi connectivity index (χ0v) is 21.7. The molecule has 0 saturated carbocycles. The van der Waals surface area contributed by atoms with E-state index in [1.807, 2.05) is 0 Å². The number of nitrogens with zero attached hydrogens (tertiary/aromatic N) is 1. The third-order valence-corrected chi connectivity index (χ3v) is 5.71. The van der Waals surface area contributed by atoms with Crippen LogP contribution in [0, 0.1) is 5.82 Å². The molecule has 2 N–H and O–H groups in total. The van der Waals surface area contributed by atoms with Crippen LogP contribution in [-0.4, -0.2) is 48.2 Å². The van der Waals surface area contributed by atoms with E-state index in [2.05, 4.69) is 10.6 Å². The van der Waals surface area contributed by atoms with Gasteiger partial charge in [-0.2, -0.15) is 0 Å².